The molecule has 0 aromatic carbocycles. The van der Waals surface area contributed by atoms with E-state index in [0.717, 1.165) is 48.5 Å². The van der Waals surface area contributed by atoms with E-state index < -0.39 is 23.6 Å². The van der Waals surface area contributed by atoms with E-state index in [4.69, 9.17) is 0 Å². The molecule has 3 rings (SSSR count). The second kappa shape index (κ2) is 5.64. The fourth-order valence-electron chi connectivity index (χ4n) is 2.18. The number of alkyl halides is 3. The number of carbonyl (C=O) groups is 1. The van der Waals surface area contributed by atoms with Gasteiger partial charge in [0.1, 0.15) is 5.69 Å². The molecule has 0 fully saturated rings. The molecular formula is C13H11F3N4OS. The molecule has 2 heterocycles. The van der Waals surface area contributed by atoms with Gasteiger partial charge in [0.15, 0.2) is 5.13 Å². The van der Waals surface area contributed by atoms with Crippen LogP contribution >= 0.6 is 11.3 Å². The maximum Gasteiger partial charge on any atom is 0.433 e. The molecule has 2 aromatic rings. The van der Waals surface area contributed by atoms with E-state index in [-0.39, 0.29) is 0 Å². The van der Waals surface area contributed by atoms with E-state index in [1.807, 2.05) is 0 Å². The standard InChI is InChI=1S/C13H11F3N4OS/c14-13(15,16)9-5-6-17-10(19-9)11(21)20-12-18-7-3-1-2-4-8(7)22-12/h5-6H,1-4H2,(H,18,20,21). The molecule has 0 saturated heterocycles. The summed E-state index contributed by atoms with van der Waals surface area (Å²) in [7, 11) is 0. The molecule has 0 unspecified atom stereocenters. The third kappa shape index (κ3) is 3.08. The minimum Gasteiger partial charge on any atom is -0.295 e. The summed E-state index contributed by atoms with van der Waals surface area (Å²) in [4.78, 5) is 24.2. The Morgan fingerprint density at radius 1 is 1.23 bits per heavy atom. The summed E-state index contributed by atoms with van der Waals surface area (Å²) in [5.74, 6) is -1.32. The molecule has 116 valence electrons. The van der Waals surface area contributed by atoms with Crippen LogP contribution in [0, 0.1) is 0 Å². The Bertz CT molecular complexity index is 690. The van der Waals surface area contributed by atoms with Crippen LogP contribution in [0.15, 0.2) is 12.3 Å². The van der Waals surface area contributed by atoms with E-state index in [1.165, 1.54) is 11.3 Å². The van der Waals surface area contributed by atoms with Crippen LogP contribution in [-0.4, -0.2) is 20.9 Å². The van der Waals surface area contributed by atoms with Crippen LogP contribution in [0.1, 0.15) is 39.7 Å². The van der Waals surface area contributed by atoms with Gasteiger partial charge < -0.3 is 0 Å². The van der Waals surface area contributed by atoms with Gasteiger partial charge in [0, 0.05) is 11.1 Å². The number of anilines is 1. The van der Waals surface area contributed by atoms with Gasteiger partial charge in [-0.15, -0.1) is 11.3 Å². The molecule has 0 aliphatic heterocycles. The Morgan fingerprint density at radius 3 is 2.73 bits per heavy atom. The molecule has 0 bridgehead atoms. The zero-order valence-electron chi connectivity index (χ0n) is 11.3. The lowest BCUT2D eigenvalue weighted by Gasteiger charge is -2.06. The first kappa shape index (κ1) is 14.9. The quantitative estimate of drug-likeness (QED) is 0.920. The zero-order valence-corrected chi connectivity index (χ0v) is 12.1. The number of hydrogen-bond acceptors (Lipinski definition) is 5. The number of carbonyl (C=O) groups excluding carboxylic acids is 1. The van der Waals surface area contributed by atoms with Gasteiger partial charge in [0.2, 0.25) is 5.82 Å². The van der Waals surface area contributed by atoms with Gasteiger partial charge in [-0.05, 0) is 31.7 Å². The third-order valence-corrected chi connectivity index (χ3v) is 4.29. The maximum atomic E-state index is 12.6. The Kier molecular flexibility index (Phi) is 3.81. The van der Waals surface area contributed by atoms with Crippen LogP contribution in [-0.2, 0) is 19.0 Å². The smallest absolute Gasteiger partial charge is 0.295 e. The van der Waals surface area contributed by atoms with Crippen LogP contribution in [0.25, 0.3) is 0 Å². The minimum atomic E-state index is -4.61. The molecule has 1 amide bonds. The molecule has 1 N–H and O–H groups in total. The van der Waals surface area contributed by atoms with Crippen LogP contribution in [0.5, 0.6) is 0 Å². The highest BCUT2D eigenvalue weighted by Gasteiger charge is 2.33. The molecule has 2 aromatic heterocycles. The second-order valence-electron chi connectivity index (χ2n) is 4.81. The van der Waals surface area contributed by atoms with Gasteiger partial charge in [0.05, 0.1) is 5.69 Å². The Hall–Kier alpha value is -2.03. The molecule has 1 aliphatic rings. The molecule has 9 heteroatoms. The fraction of sp³-hybridized carbons (Fsp3) is 0.385. The summed E-state index contributed by atoms with van der Waals surface area (Å²) in [5.41, 5.74) is -0.192. The first-order valence-corrected chi connectivity index (χ1v) is 7.45. The molecule has 22 heavy (non-hydrogen) atoms. The van der Waals surface area contributed by atoms with Crippen molar-refractivity contribution in [3.63, 3.8) is 0 Å². The number of fused-ring (bicyclic) bond motifs is 1. The minimum absolute atomic E-state index is 0.373. The lowest BCUT2D eigenvalue weighted by atomic mass is 10.0. The number of hydrogen-bond donors (Lipinski definition) is 1. The average Bonchev–Trinajstić information content (AvgIpc) is 2.88. The van der Waals surface area contributed by atoms with Crippen LogP contribution in [0.4, 0.5) is 18.3 Å². The Labute approximate surface area is 127 Å². The first-order valence-electron chi connectivity index (χ1n) is 6.63. The average molecular weight is 328 g/mol. The molecule has 1 aliphatic carbocycles. The fourth-order valence-corrected chi connectivity index (χ4v) is 3.23. The summed E-state index contributed by atoms with van der Waals surface area (Å²) >= 11 is 1.35. The number of aromatic nitrogens is 3. The predicted molar refractivity (Wildman–Crippen MR) is 73.7 cm³/mol. The number of thiazole rings is 1. The van der Waals surface area contributed by atoms with Crippen molar-refractivity contribution in [1.82, 2.24) is 15.0 Å². The highest BCUT2D eigenvalue weighted by atomic mass is 32.1. The van der Waals surface area contributed by atoms with Crippen molar-refractivity contribution in [2.24, 2.45) is 0 Å². The summed E-state index contributed by atoms with van der Waals surface area (Å²) in [6.45, 7) is 0. The lowest BCUT2D eigenvalue weighted by molar-refractivity contribution is -0.141. The van der Waals surface area contributed by atoms with Gasteiger partial charge in [-0.2, -0.15) is 13.2 Å². The van der Waals surface area contributed by atoms with Gasteiger partial charge in [-0.25, -0.2) is 15.0 Å². The Balaban J connectivity index is 1.78. The highest BCUT2D eigenvalue weighted by Crippen LogP contribution is 2.30. The Morgan fingerprint density at radius 2 is 2.00 bits per heavy atom. The maximum absolute atomic E-state index is 12.6. The second-order valence-corrected chi connectivity index (χ2v) is 5.90. The van der Waals surface area contributed by atoms with Gasteiger partial charge in [0.25, 0.3) is 5.91 Å². The molecular weight excluding hydrogens is 317 g/mol. The topological polar surface area (TPSA) is 67.8 Å². The number of nitrogens with one attached hydrogen (secondary N) is 1. The predicted octanol–water partition coefficient (Wildman–Crippen LogP) is 3.08. The monoisotopic (exact) mass is 328 g/mol. The highest BCUT2D eigenvalue weighted by molar-refractivity contribution is 7.15. The number of amides is 1. The molecule has 0 radical (unpaired) electrons. The van der Waals surface area contributed by atoms with Crippen molar-refractivity contribution in [3.8, 4) is 0 Å². The van der Waals surface area contributed by atoms with E-state index >= 15 is 0 Å². The zero-order chi connectivity index (χ0) is 15.7. The lowest BCUT2D eigenvalue weighted by Crippen LogP contribution is -2.18. The van der Waals surface area contributed by atoms with E-state index in [2.05, 4.69) is 20.3 Å². The van der Waals surface area contributed by atoms with Crippen LogP contribution in [0.3, 0.4) is 0 Å². The SMILES string of the molecule is O=C(Nc1nc2c(s1)CCCC2)c1nccc(C(F)(F)F)n1. The number of aryl methyl sites for hydroxylation is 2. The number of nitrogens with zero attached hydrogens (tertiary/aromatic N) is 3. The van der Waals surface area contributed by atoms with E-state index in [9.17, 15) is 18.0 Å². The molecule has 0 saturated carbocycles. The van der Waals surface area contributed by atoms with E-state index in [0.29, 0.717) is 5.13 Å². The third-order valence-electron chi connectivity index (χ3n) is 3.22. The van der Waals surface area contributed by atoms with Crippen LogP contribution < -0.4 is 5.32 Å². The number of halogens is 3. The molecule has 0 atom stereocenters. The van der Waals surface area contributed by atoms with Gasteiger partial charge in [-0.1, -0.05) is 0 Å². The summed E-state index contributed by atoms with van der Waals surface area (Å²) < 4.78 is 37.7. The largest absolute Gasteiger partial charge is 0.433 e. The van der Waals surface area contributed by atoms with Crippen LogP contribution in [0.2, 0.25) is 0 Å². The summed E-state index contributed by atoms with van der Waals surface area (Å²) in [6.07, 6.45) is 0.223. The number of rotatable bonds is 2. The van der Waals surface area contributed by atoms with Crippen molar-refractivity contribution in [2.45, 2.75) is 31.9 Å². The molecule has 0 spiro atoms. The van der Waals surface area contributed by atoms with Crippen molar-refractivity contribution < 1.29 is 18.0 Å². The first-order chi connectivity index (χ1) is 10.4. The van der Waals surface area contributed by atoms with E-state index in [1.54, 1.807) is 0 Å². The summed E-state index contributed by atoms with van der Waals surface area (Å²) in [6, 6.07) is 0.721. The van der Waals surface area contributed by atoms with Gasteiger partial charge in [-0.3, -0.25) is 10.1 Å². The normalized spacial score (nSPS) is 14.5. The summed E-state index contributed by atoms with van der Waals surface area (Å²) in [5, 5.41) is 2.84. The van der Waals surface area contributed by atoms with Crippen molar-refractivity contribution >= 4 is 22.4 Å². The van der Waals surface area contributed by atoms with Crippen molar-refractivity contribution in [1.29, 1.82) is 0 Å². The molecule has 5 nitrogen and oxygen atoms in total. The van der Waals surface area contributed by atoms with Crippen molar-refractivity contribution in [2.75, 3.05) is 5.32 Å². The van der Waals surface area contributed by atoms with Gasteiger partial charge >= 0.3 is 6.18 Å². The van der Waals surface area contributed by atoms with Crippen molar-refractivity contribution in [3.05, 3.63) is 34.4 Å².